The first-order valence-electron chi connectivity index (χ1n) is 5.95. The van der Waals surface area contributed by atoms with E-state index in [1.165, 1.54) is 24.3 Å². The van der Waals surface area contributed by atoms with Gasteiger partial charge in [-0.3, -0.25) is 9.59 Å². The van der Waals surface area contributed by atoms with E-state index >= 15 is 0 Å². The van der Waals surface area contributed by atoms with Crippen LogP contribution in [0.2, 0.25) is 0 Å². The summed E-state index contributed by atoms with van der Waals surface area (Å²) in [5, 5.41) is -2.58. The van der Waals surface area contributed by atoms with Crippen LogP contribution in [0.15, 0.2) is 24.3 Å². The molecule has 0 aliphatic rings. The molecule has 0 saturated carbocycles. The minimum atomic E-state index is -1.29. The number of halogens is 2. The van der Waals surface area contributed by atoms with Crippen molar-refractivity contribution in [3.63, 3.8) is 0 Å². The number of hydrogen-bond acceptors (Lipinski definition) is 6. The van der Waals surface area contributed by atoms with E-state index in [2.05, 4.69) is 9.47 Å². The van der Waals surface area contributed by atoms with Gasteiger partial charge in [-0.05, 0) is 11.1 Å². The number of esters is 2. The Morgan fingerprint density at radius 1 is 0.864 bits per heavy atom. The minimum absolute atomic E-state index is 0.248. The second kappa shape index (κ2) is 7.91. The molecule has 0 aromatic heterocycles. The fraction of sp³-hybridized carbons (Fsp3) is 0.286. The highest BCUT2D eigenvalue weighted by atomic mass is 35.5. The first kappa shape index (κ1) is 18.1. The van der Waals surface area contributed by atoms with Crippen LogP contribution in [0.1, 0.15) is 21.9 Å². The van der Waals surface area contributed by atoms with E-state index in [4.69, 9.17) is 23.2 Å². The molecule has 0 radical (unpaired) electrons. The molecule has 1 rings (SSSR count). The zero-order valence-corrected chi connectivity index (χ0v) is 13.2. The summed E-state index contributed by atoms with van der Waals surface area (Å²) in [6.07, 6.45) is 0. The first-order chi connectivity index (χ1) is 10.3. The number of carbonyl (C=O) groups is 4. The molecule has 1 aromatic rings. The normalized spacial score (nSPS) is 12.9. The van der Waals surface area contributed by atoms with Crippen LogP contribution < -0.4 is 0 Å². The van der Waals surface area contributed by atoms with E-state index in [-0.39, 0.29) is 11.1 Å². The fourth-order valence-corrected chi connectivity index (χ4v) is 2.03. The van der Waals surface area contributed by atoms with Gasteiger partial charge in [0, 0.05) is 0 Å². The van der Waals surface area contributed by atoms with Crippen molar-refractivity contribution in [2.75, 3.05) is 14.2 Å². The maximum Gasteiger partial charge on any atom is 0.376 e. The number of ether oxygens (including phenoxy) is 2. The van der Waals surface area contributed by atoms with Crippen LogP contribution in [0.4, 0.5) is 0 Å². The molecule has 2 atom stereocenters. The van der Waals surface area contributed by atoms with Gasteiger partial charge in [0.25, 0.3) is 11.6 Å². The number of carbonyl (C=O) groups excluding carboxylic acids is 4. The van der Waals surface area contributed by atoms with Crippen molar-refractivity contribution in [1.82, 2.24) is 0 Å². The van der Waals surface area contributed by atoms with E-state index in [1.54, 1.807) is 0 Å². The fourth-order valence-electron chi connectivity index (χ4n) is 1.59. The van der Waals surface area contributed by atoms with Gasteiger partial charge < -0.3 is 9.47 Å². The molecule has 2 unspecified atom stereocenters. The Hall–Kier alpha value is -1.92. The lowest BCUT2D eigenvalue weighted by atomic mass is 10.0. The predicted molar refractivity (Wildman–Crippen MR) is 77.7 cm³/mol. The summed E-state index contributed by atoms with van der Waals surface area (Å²) in [7, 11) is 2.12. The van der Waals surface area contributed by atoms with Gasteiger partial charge in [0.15, 0.2) is 0 Å². The van der Waals surface area contributed by atoms with Gasteiger partial charge in [-0.15, -0.1) is 23.2 Å². The zero-order valence-electron chi connectivity index (χ0n) is 11.7. The van der Waals surface area contributed by atoms with Crippen LogP contribution in [0.5, 0.6) is 0 Å². The maximum absolute atomic E-state index is 11.7. The molecule has 0 bridgehead atoms. The molecular formula is C14H12Cl2O6. The molecule has 0 fully saturated rings. The number of Topliss-reactive ketones (excluding diaryl/α,β-unsaturated/α-hetero) is 2. The van der Waals surface area contributed by atoms with Crippen molar-refractivity contribution < 1.29 is 28.7 Å². The molecule has 0 heterocycles. The van der Waals surface area contributed by atoms with E-state index in [9.17, 15) is 19.2 Å². The second-order valence-corrected chi connectivity index (χ2v) is 4.98. The van der Waals surface area contributed by atoms with Gasteiger partial charge in [-0.25, -0.2) is 9.59 Å². The van der Waals surface area contributed by atoms with E-state index in [0.717, 1.165) is 14.2 Å². The third kappa shape index (κ3) is 4.05. The molecule has 22 heavy (non-hydrogen) atoms. The lowest BCUT2D eigenvalue weighted by molar-refractivity contribution is -0.151. The molecule has 0 saturated heterocycles. The van der Waals surface area contributed by atoms with Gasteiger partial charge in [0.1, 0.15) is 10.8 Å². The molecular weight excluding hydrogens is 335 g/mol. The molecule has 6 nitrogen and oxygen atoms in total. The minimum Gasteiger partial charge on any atom is -0.463 e. The molecule has 0 aliphatic carbocycles. The van der Waals surface area contributed by atoms with Gasteiger partial charge >= 0.3 is 11.9 Å². The SMILES string of the molecule is COC(=O)C(=O)C(Cl)c1cccc(C(Cl)C(=O)C(=O)OC)c1. The van der Waals surface area contributed by atoms with Crippen LogP contribution in [-0.2, 0) is 28.7 Å². The van der Waals surface area contributed by atoms with Crippen LogP contribution in [0.25, 0.3) is 0 Å². The number of benzene rings is 1. The molecule has 118 valence electrons. The number of rotatable bonds is 6. The number of alkyl halides is 2. The highest BCUT2D eigenvalue weighted by Crippen LogP contribution is 2.28. The Labute approximate surface area is 136 Å². The van der Waals surface area contributed by atoms with E-state index in [1.807, 2.05) is 0 Å². The topological polar surface area (TPSA) is 86.7 Å². The summed E-state index contributed by atoms with van der Waals surface area (Å²) in [6.45, 7) is 0. The molecule has 1 aromatic carbocycles. The lowest BCUT2D eigenvalue weighted by Gasteiger charge is -2.11. The van der Waals surface area contributed by atoms with Crippen molar-refractivity contribution in [3.05, 3.63) is 35.4 Å². The van der Waals surface area contributed by atoms with Gasteiger partial charge in [-0.1, -0.05) is 24.3 Å². The average Bonchev–Trinajstić information content (AvgIpc) is 2.57. The number of hydrogen-bond donors (Lipinski definition) is 0. The molecule has 0 N–H and O–H groups in total. The molecule has 0 spiro atoms. The van der Waals surface area contributed by atoms with Crippen molar-refractivity contribution in [2.45, 2.75) is 10.8 Å². The molecule has 8 heteroatoms. The monoisotopic (exact) mass is 346 g/mol. The summed E-state index contributed by atoms with van der Waals surface area (Å²) in [5.74, 6) is -4.07. The third-order valence-corrected chi connectivity index (χ3v) is 3.63. The lowest BCUT2D eigenvalue weighted by Crippen LogP contribution is -2.21. The number of ketones is 2. The summed E-state index contributed by atoms with van der Waals surface area (Å²) < 4.78 is 8.60. The Morgan fingerprint density at radius 3 is 1.55 bits per heavy atom. The van der Waals surface area contributed by atoms with Crippen LogP contribution in [0, 0.1) is 0 Å². The van der Waals surface area contributed by atoms with Gasteiger partial charge in [0.05, 0.1) is 14.2 Å². The van der Waals surface area contributed by atoms with Crippen LogP contribution in [-0.4, -0.2) is 37.7 Å². The summed E-state index contributed by atoms with van der Waals surface area (Å²) in [4.78, 5) is 45.7. The predicted octanol–water partition coefficient (Wildman–Crippen LogP) is 1.73. The summed E-state index contributed by atoms with van der Waals surface area (Å²) >= 11 is 11.8. The Morgan fingerprint density at radius 2 is 1.23 bits per heavy atom. The van der Waals surface area contributed by atoms with E-state index < -0.39 is 34.3 Å². The standard InChI is InChI=1S/C14H12Cl2O6/c1-21-13(19)11(17)9(15)7-4-3-5-8(6-7)10(16)12(18)14(20)22-2/h3-6,9-10H,1-2H3. The maximum atomic E-state index is 11.7. The van der Waals surface area contributed by atoms with Crippen molar-refractivity contribution in [3.8, 4) is 0 Å². The summed E-state index contributed by atoms with van der Waals surface area (Å²) in [5.41, 5.74) is 0.496. The highest BCUT2D eigenvalue weighted by Gasteiger charge is 2.29. The Bertz CT molecular complexity index is 564. The van der Waals surface area contributed by atoms with Gasteiger partial charge in [0.2, 0.25) is 0 Å². The smallest absolute Gasteiger partial charge is 0.376 e. The second-order valence-electron chi connectivity index (χ2n) is 4.11. The van der Waals surface area contributed by atoms with Crippen molar-refractivity contribution >= 4 is 46.7 Å². The largest absolute Gasteiger partial charge is 0.463 e. The zero-order chi connectivity index (χ0) is 16.9. The van der Waals surface area contributed by atoms with Crippen molar-refractivity contribution in [1.29, 1.82) is 0 Å². The van der Waals surface area contributed by atoms with Crippen LogP contribution >= 0.6 is 23.2 Å². The van der Waals surface area contributed by atoms with E-state index in [0.29, 0.717) is 0 Å². The van der Waals surface area contributed by atoms with Crippen LogP contribution in [0.3, 0.4) is 0 Å². The number of methoxy groups -OCH3 is 2. The van der Waals surface area contributed by atoms with Crippen molar-refractivity contribution in [2.24, 2.45) is 0 Å². The highest BCUT2D eigenvalue weighted by molar-refractivity contribution is 6.48. The quantitative estimate of drug-likeness (QED) is 0.443. The average molecular weight is 347 g/mol. The summed E-state index contributed by atoms with van der Waals surface area (Å²) in [6, 6.07) is 5.81. The molecule has 0 amide bonds. The Balaban J connectivity index is 3.04. The first-order valence-corrected chi connectivity index (χ1v) is 6.83. The third-order valence-electron chi connectivity index (χ3n) is 2.73. The molecule has 0 aliphatic heterocycles. The Kier molecular flexibility index (Phi) is 6.52. The van der Waals surface area contributed by atoms with Gasteiger partial charge in [-0.2, -0.15) is 0 Å².